The van der Waals surface area contributed by atoms with Crippen LogP contribution in [0.2, 0.25) is 0 Å². The van der Waals surface area contributed by atoms with E-state index >= 15 is 0 Å². The molecule has 3 heteroatoms. The zero-order valence-electron chi connectivity index (χ0n) is 10.2. The van der Waals surface area contributed by atoms with Gasteiger partial charge in [0, 0.05) is 37.6 Å². The molecular formula is C13H21N3. The average molecular weight is 219 g/mol. The van der Waals surface area contributed by atoms with Gasteiger partial charge in [0.05, 0.1) is 0 Å². The highest BCUT2D eigenvalue weighted by Gasteiger charge is 2.27. The zero-order valence-corrected chi connectivity index (χ0v) is 10.2. The lowest BCUT2D eigenvalue weighted by Crippen LogP contribution is -2.43. The fraction of sp³-hybridized carbons (Fsp3) is 0.615. The summed E-state index contributed by atoms with van der Waals surface area (Å²) in [4.78, 5) is 6.62. The first kappa shape index (κ1) is 11.6. The summed E-state index contributed by atoms with van der Waals surface area (Å²) in [5.41, 5.74) is 1.64. The lowest BCUT2D eigenvalue weighted by atomic mass is 9.98. The van der Waals surface area contributed by atoms with E-state index in [-0.39, 0.29) is 5.54 Å². The van der Waals surface area contributed by atoms with Gasteiger partial charge in [0.2, 0.25) is 0 Å². The molecular weight excluding hydrogens is 198 g/mol. The minimum Gasteiger partial charge on any atom is -0.315 e. The Hall–Kier alpha value is -0.930. The van der Waals surface area contributed by atoms with Crippen LogP contribution in [0.4, 0.5) is 0 Å². The third-order valence-corrected chi connectivity index (χ3v) is 3.45. The van der Waals surface area contributed by atoms with Crippen LogP contribution in [-0.4, -0.2) is 35.1 Å². The van der Waals surface area contributed by atoms with Crippen molar-refractivity contribution < 1.29 is 0 Å². The largest absolute Gasteiger partial charge is 0.315 e. The van der Waals surface area contributed by atoms with Gasteiger partial charge in [0.1, 0.15) is 0 Å². The molecule has 2 rings (SSSR count). The number of hydrogen-bond acceptors (Lipinski definition) is 3. The summed E-state index contributed by atoms with van der Waals surface area (Å²) in [6, 6.07) is 4.21. The molecule has 1 aliphatic heterocycles. The zero-order chi connectivity index (χ0) is 11.4. The first-order valence-electron chi connectivity index (χ1n) is 6.03. The van der Waals surface area contributed by atoms with Crippen molar-refractivity contribution in [1.82, 2.24) is 15.2 Å². The molecule has 0 spiro atoms. The predicted molar refractivity (Wildman–Crippen MR) is 66.2 cm³/mol. The maximum absolute atomic E-state index is 4.06. The van der Waals surface area contributed by atoms with E-state index in [9.17, 15) is 0 Å². The molecule has 1 fully saturated rings. The van der Waals surface area contributed by atoms with Crippen LogP contribution in [0.15, 0.2) is 24.5 Å². The van der Waals surface area contributed by atoms with Gasteiger partial charge >= 0.3 is 0 Å². The minimum atomic E-state index is 0.284. The minimum absolute atomic E-state index is 0.284. The van der Waals surface area contributed by atoms with Gasteiger partial charge in [-0.2, -0.15) is 0 Å². The fourth-order valence-corrected chi connectivity index (χ4v) is 2.20. The van der Waals surface area contributed by atoms with Gasteiger partial charge in [-0.1, -0.05) is 0 Å². The summed E-state index contributed by atoms with van der Waals surface area (Å²) in [6.45, 7) is 9.03. The van der Waals surface area contributed by atoms with Gasteiger partial charge in [-0.3, -0.25) is 9.88 Å². The molecule has 0 bridgehead atoms. The quantitative estimate of drug-likeness (QED) is 0.820. The van der Waals surface area contributed by atoms with Gasteiger partial charge in [-0.15, -0.1) is 0 Å². The second kappa shape index (κ2) is 4.93. The molecule has 1 aromatic heterocycles. The van der Waals surface area contributed by atoms with Crippen molar-refractivity contribution in [3.63, 3.8) is 0 Å². The Labute approximate surface area is 97.9 Å². The van der Waals surface area contributed by atoms with Crippen molar-refractivity contribution >= 4 is 0 Å². The van der Waals surface area contributed by atoms with Gasteiger partial charge < -0.3 is 5.32 Å². The summed E-state index contributed by atoms with van der Waals surface area (Å²) in [7, 11) is 0. The molecule has 0 unspecified atom stereocenters. The van der Waals surface area contributed by atoms with Crippen LogP contribution in [0.5, 0.6) is 0 Å². The highest BCUT2D eigenvalue weighted by atomic mass is 15.2. The van der Waals surface area contributed by atoms with Gasteiger partial charge in [-0.25, -0.2) is 0 Å². The first-order chi connectivity index (χ1) is 7.68. The molecule has 3 nitrogen and oxygen atoms in total. The summed E-state index contributed by atoms with van der Waals surface area (Å²) in [5, 5.41) is 3.46. The number of pyridine rings is 1. The molecule has 1 saturated heterocycles. The van der Waals surface area contributed by atoms with Gasteiger partial charge in [-0.05, 0) is 44.5 Å². The first-order valence-corrected chi connectivity index (χ1v) is 6.03. The van der Waals surface area contributed by atoms with Crippen molar-refractivity contribution in [3.8, 4) is 0 Å². The molecule has 16 heavy (non-hydrogen) atoms. The van der Waals surface area contributed by atoms with E-state index in [0.717, 1.165) is 26.2 Å². The Morgan fingerprint density at radius 1 is 1.31 bits per heavy atom. The van der Waals surface area contributed by atoms with E-state index in [1.54, 1.807) is 0 Å². The third-order valence-electron chi connectivity index (χ3n) is 3.45. The molecule has 88 valence electrons. The summed E-state index contributed by atoms with van der Waals surface area (Å²) >= 11 is 0. The van der Waals surface area contributed by atoms with Crippen LogP contribution in [0.1, 0.15) is 25.8 Å². The monoisotopic (exact) mass is 219 g/mol. The Morgan fingerprint density at radius 3 is 2.81 bits per heavy atom. The number of aromatic nitrogens is 1. The molecule has 1 N–H and O–H groups in total. The number of nitrogens with one attached hydrogen (secondary N) is 1. The Balaban J connectivity index is 2.07. The number of rotatable bonds is 2. The average Bonchev–Trinajstić information content (AvgIpc) is 2.43. The van der Waals surface area contributed by atoms with E-state index in [0.29, 0.717) is 0 Å². The highest BCUT2D eigenvalue weighted by Crippen LogP contribution is 2.22. The molecule has 1 aliphatic rings. The molecule has 0 aliphatic carbocycles. The van der Waals surface area contributed by atoms with Crippen LogP contribution in [0.25, 0.3) is 0 Å². The third kappa shape index (κ3) is 2.80. The lowest BCUT2D eigenvalue weighted by molar-refractivity contribution is 0.120. The van der Waals surface area contributed by atoms with Crippen molar-refractivity contribution in [2.45, 2.75) is 32.4 Å². The van der Waals surface area contributed by atoms with Crippen molar-refractivity contribution in [1.29, 1.82) is 0 Å². The van der Waals surface area contributed by atoms with E-state index in [2.05, 4.69) is 41.2 Å². The fourth-order valence-electron chi connectivity index (χ4n) is 2.20. The molecule has 0 amide bonds. The van der Waals surface area contributed by atoms with Crippen LogP contribution in [0.3, 0.4) is 0 Å². The molecule has 2 heterocycles. The lowest BCUT2D eigenvalue weighted by Gasteiger charge is -2.36. The normalized spacial score (nSPS) is 21.6. The van der Waals surface area contributed by atoms with E-state index < -0.39 is 0 Å². The standard InChI is InChI=1S/C13H21N3/c1-13(2)5-8-15-9-10-16(13)11-12-3-6-14-7-4-12/h3-4,6-7,15H,5,8-11H2,1-2H3. The maximum Gasteiger partial charge on any atom is 0.0271 e. The molecule has 0 atom stereocenters. The molecule has 0 radical (unpaired) electrons. The van der Waals surface area contributed by atoms with Crippen molar-refractivity contribution in [3.05, 3.63) is 30.1 Å². The summed E-state index contributed by atoms with van der Waals surface area (Å²) in [6.07, 6.45) is 4.95. The SMILES string of the molecule is CC1(C)CCNCCN1Cc1ccncc1. The summed E-state index contributed by atoms with van der Waals surface area (Å²) < 4.78 is 0. The smallest absolute Gasteiger partial charge is 0.0271 e. The number of hydrogen-bond donors (Lipinski definition) is 1. The Bertz CT molecular complexity index is 321. The maximum atomic E-state index is 4.06. The second-order valence-corrected chi connectivity index (χ2v) is 5.09. The number of nitrogens with zero attached hydrogens (tertiary/aromatic N) is 2. The van der Waals surface area contributed by atoms with Gasteiger partial charge in [0.25, 0.3) is 0 Å². The predicted octanol–water partition coefficient (Wildman–Crippen LogP) is 1.66. The van der Waals surface area contributed by atoms with Crippen molar-refractivity contribution in [2.75, 3.05) is 19.6 Å². The summed E-state index contributed by atoms with van der Waals surface area (Å²) in [5.74, 6) is 0. The Morgan fingerprint density at radius 2 is 2.06 bits per heavy atom. The van der Waals surface area contributed by atoms with Crippen LogP contribution < -0.4 is 5.32 Å². The van der Waals surface area contributed by atoms with E-state index in [1.807, 2.05) is 12.4 Å². The Kier molecular flexibility index (Phi) is 3.56. The van der Waals surface area contributed by atoms with E-state index in [1.165, 1.54) is 12.0 Å². The molecule has 0 aromatic carbocycles. The topological polar surface area (TPSA) is 28.2 Å². The van der Waals surface area contributed by atoms with Crippen LogP contribution >= 0.6 is 0 Å². The van der Waals surface area contributed by atoms with Crippen LogP contribution in [-0.2, 0) is 6.54 Å². The molecule has 1 aromatic rings. The van der Waals surface area contributed by atoms with Gasteiger partial charge in [0.15, 0.2) is 0 Å². The van der Waals surface area contributed by atoms with E-state index in [4.69, 9.17) is 0 Å². The molecule has 0 saturated carbocycles. The van der Waals surface area contributed by atoms with Crippen LogP contribution in [0, 0.1) is 0 Å². The highest BCUT2D eigenvalue weighted by molar-refractivity contribution is 5.10. The second-order valence-electron chi connectivity index (χ2n) is 5.09. The van der Waals surface area contributed by atoms with Crippen molar-refractivity contribution in [2.24, 2.45) is 0 Å².